The molecule has 1 fully saturated rings. The summed E-state index contributed by atoms with van der Waals surface area (Å²) in [6.07, 6.45) is 0. The molecule has 0 saturated carbocycles. The van der Waals surface area contributed by atoms with Crippen LogP contribution in [0.5, 0.6) is 0 Å². The van der Waals surface area contributed by atoms with Crippen LogP contribution in [0.2, 0.25) is 0 Å². The van der Waals surface area contributed by atoms with Gasteiger partial charge in [-0.1, -0.05) is 36.4 Å². The van der Waals surface area contributed by atoms with Crippen LogP contribution in [0, 0.1) is 0 Å². The number of para-hydroxylation sites is 2. The number of urea groups is 1. The zero-order chi connectivity index (χ0) is 18.1. The highest BCUT2D eigenvalue weighted by Crippen LogP contribution is 2.26. The largest absolute Gasteiger partial charge is 0.332 e. The summed E-state index contributed by atoms with van der Waals surface area (Å²) >= 11 is 0. The Morgan fingerprint density at radius 1 is 0.923 bits per heavy atom. The minimum absolute atomic E-state index is 0.00718. The van der Waals surface area contributed by atoms with Crippen LogP contribution in [0.1, 0.15) is 12.7 Å². The molecule has 0 aliphatic carbocycles. The number of nitrogens with zero attached hydrogens (tertiary/aromatic N) is 6. The highest BCUT2D eigenvalue weighted by Gasteiger charge is 2.43. The zero-order valence-electron chi connectivity index (χ0n) is 14.1. The average molecular weight is 348 g/mol. The standard InChI is InChI=1S/C18H16N6O2/c1-13-17(25)22(18(26)23(13)14-8-4-2-5-9-14)12-16-19-20-21-24(16)15-10-6-3-7-11-15/h2-11,13H,12H2,1H3. The summed E-state index contributed by atoms with van der Waals surface area (Å²) < 4.78 is 1.52. The zero-order valence-corrected chi connectivity index (χ0v) is 14.1. The summed E-state index contributed by atoms with van der Waals surface area (Å²) in [7, 11) is 0. The first-order valence-corrected chi connectivity index (χ1v) is 8.19. The van der Waals surface area contributed by atoms with Crippen molar-refractivity contribution in [2.45, 2.75) is 19.5 Å². The highest BCUT2D eigenvalue weighted by atomic mass is 16.2. The summed E-state index contributed by atoms with van der Waals surface area (Å²) in [6.45, 7) is 1.72. The van der Waals surface area contributed by atoms with E-state index in [1.54, 1.807) is 19.1 Å². The molecule has 3 aromatic rings. The van der Waals surface area contributed by atoms with Gasteiger partial charge in [-0.25, -0.2) is 4.79 Å². The number of carbonyl (C=O) groups is 2. The van der Waals surface area contributed by atoms with Gasteiger partial charge in [0.25, 0.3) is 5.91 Å². The van der Waals surface area contributed by atoms with Crippen LogP contribution in [0.4, 0.5) is 10.5 Å². The maximum absolute atomic E-state index is 12.9. The van der Waals surface area contributed by atoms with Crippen molar-refractivity contribution in [3.05, 3.63) is 66.5 Å². The normalized spacial score (nSPS) is 17.2. The van der Waals surface area contributed by atoms with Crippen LogP contribution in [0.15, 0.2) is 60.7 Å². The fourth-order valence-electron chi connectivity index (χ4n) is 3.01. The van der Waals surface area contributed by atoms with E-state index in [0.717, 1.165) is 5.69 Å². The molecule has 2 aromatic carbocycles. The van der Waals surface area contributed by atoms with Crippen molar-refractivity contribution in [1.29, 1.82) is 0 Å². The number of amides is 3. The molecule has 2 heterocycles. The first-order valence-electron chi connectivity index (χ1n) is 8.19. The predicted octanol–water partition coefficient (Wildman–Crippen LogP) is 2.02. The second kappa shape index (κ2) is 6.40. The molecular formula is C18H16N6O2. The molecule has 1 atom stereocenters. The lowest BCUT2D eigenvalue weighted by molar-refractivity contribution is -0.127. The lowest BCUT2D eigenvalue weighted by Gasteiger charge is -2.19. The number of benzene rings is 2. The van der Waals surface area contributed by atoms with E-state index in [1.807, 2.05) is 48.5 Å². The van der Waals surface area contributed by atoms with Crippen molar-refractivity contribution in [2.24, 2.45) is 0 Å². The van der Waals surface area contributed by atoms with E-state index >= 15 is 0 Å². The van der Waals surface area contributed by atoms with Crippen LogP contribution in [-0.4, -0.2) is 43.1 Å². The van der Waals surface area contributed by atoms with Gasteiger partial charge in [0.15, 0.2) is 5.82 Å². The molecule has 0 radical (unpaired) electrons. The van der Waals surface area contributed by atoms with Crippen LogP contribution < -0.4 is 4.90 Å². The van der Waals surface area contributed by atoms with Crippen molar-refractivity contribution in [3.63, 3.8) is 0 Å². The molecular weight excluding hydrogens is 332 g/mol. The van der Waals surface area contributed by atoms with Crippen molar-refractivity contribution in [2.75, 3.05) is 4.90 Å². The third-order valence-corrected chi connectivity index (χ3v) is 4.32. The Kier molecular flexibility index (Phi) is 3.92. The molecule has 8 heteroatoms. The molecule has 1 unspecified atom stereocenters. The van der Waals surface area contributed by atoms with E-state index in [9.17, 15) is 9.59 Å². The van der Waals surface area contributed by atoms with E-state index in [1.165, 1.54) is 14.5 Å². The van der Waals surface area contributed by atoms with Crippen molar-refractivity contribution in [1.82, 2.24) is 25.1 Å². The number of imide groups is 1. The molecule has 1 aliphatic rings. The van der Waals surface area contributed by atoms with E-state index in [2.05, 4.69) is 15.5 Å². The van der Waals surface area contributed by atoms with Crippen LogP contribution in [0.3, 0.4) is 0 Å². The minimum atomic E-state index is -0.578. The molecule has 0 spiro atoms. The monoisotopic (exact) mass is 348 g/mol. The Balaban J connectivity index is 1.63. The summed E-state index contributed by atoms with van der Waals surface area (Å²) in [6, 6.07) is 17.5. The molecule has 4 rings (SSSR count). The van der Waals surface area contributed by atoms with Gasteiger partial charge in [0.2, 0.25) is 0 Å². The quantitative estimate of drug-likeness (QED) is 0.674. The smallest absolute Gasteiger partial charge is 0.282 e. The van der Waals surface area contributed by atoms with Crippen molar-refractivity contribution >= 4 is 17.6 Å². The highest BCUT2D eigenvalue weighted by molar-refractivity contribution is 6.13. The number of aromatic nitrogens is 4. The summed E-state index contributed by atoms with van der Waals surface area (Å²) in [5.74, 6) is 0.140. The van der Waals surface area contributed by atoms with Gasteiger partial charge in [0.1, 0.15) is 6.04 Å². The van der Waals surface area contributed by atoms with Gasteiger partial charge < -0.3 is 0 Å². The third-order valence-electron chi connectivity index (χ3n) is 4.32. The Hall–Kier alpha value is -3.55. The van der Waals surface area contributed by atoms with Crippen LogP contribution in [-0.2, 0) is 11.3 Å². The molecule has 1 aliphatic heterocycles. The maximum atomic E-state index is 12.9. The summed E-state index contributed by atoms with van der Waals surface area (Å²) in [5, 5.41) is 11.6. The first-order chi connectivity index (χ1) is 12.7. The van der Waals surface area contributed by atoms with Gasteiger partial charge >= 0.3 is 6.03 Å². The number of anilines is 1. The second-order valence-corrected chi connectivity index (χ2v) is 5.93. The lowest BCUT2D eigenvalue weighted by atomic mass is 10.2. The second-order valence-electron chi connectivity index (χ2n) is 5.93. The van der Waals surface area contributed by atoms with E-state index in [0.29, 0.717) is 11.5 Å². The van der Waals surface area contributed by atoms with Crippen molar-refractivity contribution < 1.29 is 9.59 Å². The van der Waals surface area contributed by atoms with Gasteiger partial charge in [-0.15, -0.1) is 5.10 Å². The molecule has 3 amide bonds. The molecule has 26 heavy (non-hydrogen) atoms. The number of rotatable bonds is 4. The van der Waals surface area contributed by atoms with Crippen LogP contribution >= 0.6 is 0 Å². The Morgan fingerprint density at radius 3 is 2.19 bits per heavy atom. The topological polar surface area (TPSA) is 84.2 Å². The van der Waals surface area contributed by atoms with Crippen LogP contribution in [0.25, 0.3) is 5.69 Å². The number of hydrogen-bond donors (Lipinski definition) is 0. The Labute approximate surface area is 149 Å². The molecule has 8 nitrogen and oxygen atoms in total. The van der Waals surface area contributed by atoms with Gasteiger partial charge in [0.05, 0.1) is 12.2 Å². The van der Waals surface area contributed by atoms with E-state index in [-0.39, 0.29) is 18.5 Å². The molecule has 0 bridgehead atoms. The van der Waals surface area contributed by atoms with E-state index in [4.69, 9.17) is 0 Å². The molecule has 1 aromatic heterocycles. The van der Waals surface area contributed by atoms with Gasteiger partial charge in [0, 0.05) is 5.69 Å². The Bertz CT molecular complexity index is 941. The number of carbonyl (C=O) groups excluding carboxylic acids is 2. The molecule has 0 N–H and O–H groups in total. The number of hydrogen-bond acceptors (Lipinski definition) is 5. The lowest BCUT2D eigenvalue weighted by Crippen LogP contribution is -2.34. The van der Waals surface area contributed by atoms with Crippen molar-refractivity contribution in [3.8, 4) is 5.69 Å². The SMILES string of the molecule is CC1C(=O)N(Cc2nnnn2-c2ccccc2)C(=O)N1c1ccccc1. The molecule has 1 saturated heterocycles. The van der Waals surface area contributed by atoms with Gasteiger partial charge in [-0.05, 0) is 41.6 Å². The van der Waals surface area contributed by atoms with Gasteiger partial charge in [-0.3, -0.25) is 14.6 Å². The third kappa shape index (κ3) is 2.61. The molecule has 130 valence electrons. The van der Waals surface area contributed by atoms with E-state index < -0.39 is 6.04 Å². The van der Waals surface area contributed by atoms with Gasteiger partial charge in [-0.2, -0.15) is 4.68 Å². The minimum Gasteiger partial charge on any atom is -0.282 e. The predicted molar refractivity (Wildman–Crippen MR) is 93.5 cm³/mol. The summed E-state index contributed by atoms with van der Waals surface area (Å²) in [4.78, 5) is 28.2. The average Bonchev–Trinajstić information content (AvgIpc) is 3.22. The fraction of sp³-hybridized carbons (Fsp3) is 0.167. The fourth-order valence-corrected chi connectivity index (χ4v) is 3.01. The Morgan fingerprint density at radius 2 is 1.54 bits per heavy atom. The number of tetrazole rings is 1. The first kappa shape index (κ1) is 15.9. The summed E-state index contributed by atoms with van der Waals surface area (Å²) in [5.41, 5.74) is 1.45. The maximum Gasteiger partial charge on any atom is 0.332 e.